The summed E-state index contributed by atoms with van der Waals surface area (Å²) < 4.78 is 11.2. The Morgan fingerprint density at radius 1 is 1.16 bits per heavy atom. The van der Waals surface area contributed by atoms with Crippen molar-refractivity contribution in [2.24, 2.45) is 0 Å². The van der Waals surface area contributed by atoms with Crippen LogP contribution < -0.4 is 15.4 Å². The van der Waals surface area contributed by atoms with Gasteiger partial charge in [-0.3, -0.25) is 9.59 Å². The Hall–Kier alpha value is -2.20. The number of carbonyl (C=O) groups excluding carboxylic acids is 2. The first-order chi connectivity index (χ1) is 11.8. The highest BCUT2D eigenvalue weighted by Gasteiger charge is 2.46. The van der Waals surface area contributed by atoms with Gasteiger partial charge in [-0.1, -0.05) is 12.1 Å². The number of carbonyl (C=O) groups is 2. The number of nitrogens with one attached hydrogen (secondary N) is 2. The lowest BCUT2D eigenvalue weighted by Crippen LogP contribution is -2.65. The minimum Gasteiger partial charge on any atom is -0.460 e. The first-order valence-electron chi connectivity index (χ1n) is 7.76. The van der Waals surface area contributed by atoms with Gasteiger partial charge in [0.15, 0.2) is 0 Å². The average Bonchev–Trinajstić information content (AvgIpc) is 2.55. The third-order valence-corrected chi connectivity index (χ3v) is 3.69. The lowest BCUT2D eigenvalue weighted by atomic mass is 9.97. The van der Waals surface area contributed by atoms with Crippen LogP contribution in [-0.2, 0) is 14.3 Å². The Bertz CT molecular complexity index is 624. The molecule has 1 aliphatic rings. The van der Waals surface area contributed by atoms with Crippen molar-refractivity contribution in [3.63, 3.8) is 0 Å². The van der Waals surface area contributed by atoms with Gasteiger partial charge in [0.25, 0.3) is 0 Å². The molecule has 1 fully saturated rings. The molecule has 0 aliphatic carbocycles. The Balaban J connectivity index is 2.27. The monoisotopic (exact) mass is 354 g/mol. The van der Waals surface area contributed by atoms with Gasteiger partial charge in [0.05, 0.1) is 12.3 Å². The summed E-state index contributed by atoms with van der Waals surface area (Å²) in [7, 11) is 0. The molecule has 0 saturated carbocycles. The summed E-state index contributed by atoms with van der Waals surface area (Å²) in [4.78, 5) is 22.7. The van der Waals surface area contributed by atoms with Crippen molar-refractivity contribution in [3.05, 3.63) is 24.3 Å². The molecule has 1 heterocycles. The van der Waals surface area contributed by atoms with Crippen LogP contribution in [0.3, 0.4) is 0 Å². The highest BCUT2D eigenvalue weighted by atomic mass is 16.7. The number of benzene rings is 1. The summed E-state index contributed by atoms with van der Waals surface area (Å²) in [6.45, 7) is 2.05. The first-order valence-corrected chi connectivity index (χ1v) is 7.76. The second kappa shape index (κ2) is 8.26. The number of ether oxygens (including phenoxy) is 2. The number of hydrogen-bond donors (Lipinski definition) is 5. The van der Waals surface area contributed by atoms with E-state index in [0.717, 1.165) is 0 Å². The number of rotatable bonds is 5. The highest BCUT2D eigenvalue weighted by Crippen LogP contribution is 2.29. The van der Waals surface area contributed by atoms with Crippen LogP contribution in [0.2, 0.25) is 0 Å². The average molecular weight is 354 g/mol. The van der Waals surface area contributed by atoms with Crippen LogP contribution in [0.25, 0.3) is 0 Å². The SMILES string of the molecule is CC(=O)Nc1ccccc1O[C@H]1O[C@H](CO)[C@@H](O)[C@H](O)[C@H]1NC(C)=O. The molecule has 2 amide bonds. The van der Waals surface area contributed by atoms with Gasteiger partial charge in [-0.2, -0.15) is 0 Å². The molecule has 9 heteroatoms. The topological polar surface area (TPSA) is 137 Å². The summed E-state index contributed by atoms with van der Waals surface area (Å²) in [6, 6.07) is 5.49. The standard InChI is InChI=1S/C16H22N2O7/c1-8(20)17-10-5-3-4-6-11(10)24-16-13(18-9(2)21)15(23)14(22)12(7-19)25-16/h3-6,12-16,19,22-23H,7H2,1-2H3,(H,17,20)(H,18,21)/t12-,13-,14-,15-,16+/m1/s1. The van der Waals surface area contributed by atoms with E-state index < -0.39 is 43.2 Å². The number of amides is 2. The largest absolute Gasteiger partial charge is 0.460 e. The second-order valence-corrected chi connectivity index (χ2v) is 5.73. The summed E-state index contributed by atoms with van der Waals surface area (Å²) in [5.41, 5.74) is 0.376. The van der Waals surface area contributed by atoms with E-state index in [9.17, 15) is 24.9 Å². The molecule has 5 N–H and O–H groups in total. The van der Waals surface area contributed by atoms with Crippen molar-refractivity contribution in [3.8, 4) is 5.75 Å². The lowest BCUT2D eigenvalue weighted by Gasteiger charge is -2.42. The van der Waals surface area contributed by atoms with Gasteiger partial charge in [0.1, 0.15) is 30.1 Å². The molecule has 0 spiro atoms. The second-order valence-electron chi connectivity index (χ2n) is 5.73. The first kappa shape index (κ1) is 19.1. The lowest BCUT2D eigenvalue weighted by molar-refractivity contribution is -0.244. The van der Waals surface area contributed by atoms with Crippen molar-refractivity contribution in [2.75, 3.05) is 11.9 Å². The number of aliphatic hydroxyl groups excluding tert-OH is 3. The van der Waals surface area contributed by atoms with E-state index in [0.29, 0.717) is 5.69 Å². The van der Waals surface area contributed by atoms with Crippen molar-refractivity contribution in [1.82, 2.24) is 5.32 Å². The van der Waals surface area contributed by atoms with E-state index in [1.807, 2.05) is 0 Å². The maximum Gasteiger partial charge on any atom is 0.223 e. The quantitative estimate of drug-likeness (QED) is 0.456. The van der Waals surface area contributed by atoms with Crippen LogP contribution in [0.1, 0.15) is 13.8 Å². The zero-order valence-corrected chi connectivity index (χ0v) is 13.9. The molecule has 9 nitrogen and oxygen atoms in total. The molecular formula is C16H22N2O7. The van der Waals surface area contributed by atoms with E-state index in [1.165, 1.54) is 13.8 Å². The molecule has 0 unspecified atom stereocenters. The van der Waals surface area contributed by atoms with Crippen LogP contribution in [0.15, 0.2) is 24.3 Å². The van der Waals surface area contributed by atoms with Gasteiger partial charge in [-0.05, 0) is 12.1 Å². The number of anilines is 1. The van der Waals surface area contributed by atoms with Crippen LogP contribution >= 0.6 is 0 Å². The molecule has 0 radical (unpaired) electrons. The van der Waals surface area contributed by atoms with Crippen molar-refractivity contribution < 1.29 is 34.4 Å². The number of aliphatic hydroxyl groups is 3. The molecule has 1 aromatic carbocycles. The summed E-state index contributed by atoms with van der Waals surface area (Å²) >= 11 is 0. The van der Waals surface area contributed by atoms with Gasteiger partial charge in [0.2, 0.25) is 18.1 Å². The smallest absolute Gasteiger partial charge is 0.223 e. The minimum absolute atomic E-state index is 0.248. The fraction of sp³-hybridized carbons (Fsp3) is 0.500. The third kappa shape index (κ3) is 4.67. The predicted octanol–water partition coefficient (Wildman–Crippen LogP) is -1.03. The van der Waals surface area contributed by atoms with Gasteiger partial charge in [-0.25, -0.2) is 0 Å². The van der Waals surface area contributed by atoms with E-state index in [-0.39, 0.29) is 11.7 Å². The zero-order valence-electron chi connectivity index (χ0n) is 13.9. The Kier molecular flexibility index (Phi) is 6.32. The van der Waals surface area contributed by atoms with Gasteiger partial charge < -0.3 is 35.4 Å². The van der Waals surface area contributed by atoms with Crippen molar-refractivity contribution in [2.45, 2.75) is 44.5 Å². The third-order valence-electron chi connectivity index (χ3n) is 3.69. The molecule has 0 bridgehead atoms. The fourth-order valence-electron chi connectivity index (χ4n) is 2.56. The Labute approximate surface area is 144 Å². The van der Waals surface area contributed by atoms with Crippen LogP contribution in [-0.4, -0.2) is 64.4 Å². The number of para-hydroxylation sites is 2. The molecule has 5 atom stereocenters. The predicted molar refractivity (Wildman–Crippen MR) is 86.7 cm³/mol. The normalized spacial score (nSPS) is 28.9. The Morgan fingerprint density at radius 2 is 1.84 bits per heavy atom. The molecule has 1 aliphatic heterocycles. The molecule has 25 heavy (non-hydrogen) atoms. The van der Waals surface area contributed by atoms with Gasteiger partial charge in [0, 0.05) is 13.8 Å². The summed E-state index contributed by atoms with van der Waals surface area (Å²) in [5, 5.41) is 34.6. The van der Waals surface area contributed by atoms with E-state index in [1.54, 1.807) is 24.3 Å². The van der Waals surface area contributed by atoms with Crippen LogP contribution in [0, 0.1) is 0 Å². The summed E-state index contributed by atoms with van der Waals surface area (Å²) in [6.07, 6.45) is -5.08. The van der Waals surface area contributed by atoms with Crippen LogP contribution in [0.5, 0.6) is 5.75 Å². The van der Waals surface area contributed by atoms with Crippen LogP contribution in [0.4, 0.5) is 5.69 Å². The molecule has 1 saturated heterocycles. The van der Waals surface area contributed by atoms with Crippen molar-refractivity contribution >= 4 is 17.5 Å². The van der Waals surface area contributed by atoms with E-state index >= 15 is 0 Å². The van der Waals surface area contributed by atoms with E-state index in [2.05, 4.69) is 10.6 Å². The molecule has 138 valence electrons. The highest BCUT2D eigenvalue weighted by molar-refractivity contribution is 5.90. The molecular weight excluding hydrogens is 332 g/mol. The van der Waals surface area contributed by atoms with Gasteiger partial charge in [-0.15, -0.1) is 0 Å². The maximum atomic E-state index is 11.4. The van der Waals surface area contributed by atoms with Crippen molar-refractivity contribution in [1.29, 1.82) is 0 Å². The number of hydrogen-bond acceptors (Lipinski definition) is 7. The fourth-order valence-corrected chi connectivity index (χ4v) is 2.56. The maximum absolute atomic E-state index is 11.4. The molecule has 1 aromatic rings. The Morgan fingerprint density at radius 3 is 2.44 bits per heavy atom. The van der Waals surface area contributed by atoms with Gasteiger partial charge >= 0.3 is 0 Å². The molecule has 0 aromatic heterocycles. The zero-order chi connectivity index (χ0) is 18.6. The van der Waals surface area contributed by atoms with E-state index in [4.69, 9.17) is 9.47 Å². The summed E-state index contributed by atoms with van der Waals surface area (Å²) in [5.74, 6) is -0.507. The minimum atomic E-state index is -1.41. The molecule has 2 rings (SSSR count).